The van der Waals surface area contributed by atoms with Gasteiger partial charge in [0.25, 0.3) is 5.91 Å². The van der Waals surface area contributed by atoms with Gasteiger partial charge in [-0.2, -0.15) is 0 Å². The first kappa shape index (κ1) is 13.5. The molecule has 18 heavy (non-hydrogen) atoms. The summed E-state index contributed by atoms with van der Waals surface area (Å²) in [5.41, 5.74) is 0.470. The number of carbonyl (C=O) groups excluding carboxylic acids is 1. The van der Waals surface area contributed by atoms with E-state index in [0.29, 0.717) is 18.4 Å². The number of carbonyl (C=O) groups is 1. The molecule has 0 bridgehead atoms. The molecule has 98 valence electrons. The predicted molar refractivity (Wildman–Crippen MR) is 71.1 cm³/mol. The summed E-state index contributed by atoms with van der Waals surface area (Å²) in [6.45, 7) is 0. The molecule has 0 radical (unpaired) electrons. The lowest BCUT2D eigenvalue weighted by Gasteiger charge is -2.22. The maximum atomic E-state index is 11.9. The van der Waals surface area contributed by atoms with Gasteiger partial charge in [0.1, 0.15) is 9.84 Å². The first-order chi connectivity index (χ1) is 8.46. The average Bonchev–Trinajstić information content (AvgIpc) is 2.32. The number of aromatic nitrogens is 1. The van der Waals surface area contributed by atoms with Gasteiger partial charge in [-0.25, -0.2) is 8.42 Å². The Balaban J connectivity index is 1.97. The van der Waals surface area contributed by atoms with Crippen LogP contribution in [0.2, 0.25) is 0 Å². The molecule has 0 saturated carbocycles. The van der Waals surface area contributed by atoms with Gasteiger partial charge in [0.2, 0.25) is 0 Å². The van der Waals surface area contributed by atoms with Crippen LogP contribution in [0.25, 0.3) is 0 Å². The molecule has 1 saturated heterocycles. The quantitative estimate of drug-likeness (QED) is 0.881. The van der Waals surface area contributed by atoms with Gasteiger partial charge in [0, 0.05) is 22.9 Å². The van der Waals surface area contributed by atoms with E-state index < -0.39 is 9.84 Å². The van der Waals surface area contributed by atoms with Crippen LogP contribution in [0.5, 0.6) is 0 Å². The summed E-state index contributed by atoms with van der Waals surface area (Å²) >= 11 is 3.25. The minimum Gasteiger partial charge on any atom is -0.349 e. The molecule has 2 heterocycles. The fraction of sp³-hybridized carbons (Fsp3) is 0.455. The molecule has 1 aromatic rings. The Morgan fingerprint density at radius 1 is 1.33 bits per heavy atom. The van der Waals surface area contributed by atoms with Crippen LogP contribution in [-0.2, 0) is 9.84 Å². The molecule has 0 aromatic carbocycles. The molecule has 5 nitrogen and oxygen atoms in total. The third kappa shape index (κ3) is 3.52. The van der Waals surface area contributed by atoms with Gasteiger partial charge in [0.15, 0.2) is 0 Å². The summed E-state index contributed by atoms with van der Waals surface area (Å²) in [4.78, 5) is 15.8. The summed E-state index contributed by atoms with van der Waals surface area (Å²) < 4.78 is 23.3. The lowest BCUT2D eigenvalue weighted by atomic mass is 10.1. The monoisotopic (exact) mass is 332 g/mol. The number of halogens is 1. The minimum atomic E-state index is -2.89. The number of nitrogens with zero attached hydrogens (tertiary/aromatic N) is 1. The second-order valence-electron chi connectivity index (χ2n) is 4.29. The summed E-state index contributed by atoms with van der Waals surface area (Å²) in [7, 11) is -2.89. The maximum Gasteiger partial charge on any atom is 0.253 e. The molecule has 2 rings (SSSR count). The third-order valence-electron chi connectivity index (χ3n) is 2.86. The number of amides is 1. The van der Waals surface area contributed by atoms with Crippen LogP contribution in [0.1, 0.15) is 23.2 Å². The number of hydrogen-bond acceptors (Lipinski definition) is 4. The topological polar surface area (TPSA) is 76.1 Å². The van der Waals surface area contributed by atoms with Gasteiger partial charge in [-0.15, -0.1) is 0 Å². The van der Waals surface area contributed by atoms with Crippen molar-refractivity contribution < 1.29 is 13.2 Å². The van der Waals surface area contributed by atoms with Crippen molar-refractivity contribution >= 4 is 31.7 Å². The van der Waals surface area contributed by atoms with Crippen molar-refractivity contribution in [3.8, 4) is 0 Å². The predicted octanol–water partition coefficient (Wildman–Crippen LogP) is 1.15. The number of hydrogen-bond donors (Lipinski definition) is 1. The van der Waals surface area contributed by atoms with E-state index in [1.54, 1.807) is 12.3 Å². The Morgan fingerprint density at radius 2 is 2.00 bits per heavy atom. The summed E-state index contributed by atoms with van der Waals surface area (Å²) in [5.74, 6) is 0.0803. The number of nitrogens with one attached hydrogen (secondary N) is 1. The van der Waals surface area contributed by atoms with Crippen molar-refractivity contribution in [1.82, 2.24) is 10.3 Å². The SMILES string of the molecule is O=C(NC1CCS(=O)(=O)CC1)c1cncc(Br)c1. The standard InChI is InChI=1S/C11H13BrN2O3S/c12-9-5-8(6-13-7-9)11(15)14-10-1-3-18(16,17)4-2-10/h5-7,10H,1-4H2,(H,14,15). The van der Waals surface area contributed by atoms with E-state index in [1.165, 1.54) is 6.20 Å². The van der Waals surface area contributed by atoms with Crippen molar-refractivity contribution in [2.45, 2.75) is 18.9 Å². The van der Waals surface area contributed by atoms with Crippen LogP contribution in [-0.4, -0.2) is 36.9 Å². The molecule has 1 aliphatic rings. The van der Waals surface area contributed by atoms with E-state index in [9.17, 15) is 13.2 Å². The first-order valence-corrected chi connectivity index (χ1v) is 8.19. The number of sulfone groups is 1. The molecule has 1 fully saturated rings. The van der Waals surface area contributed by atoms with Crippen LogP contribution < -0.4 is 5.32 Å². The number of pyridine rings is 1. The zero-order chi connectivity index (χ0) is 13.2. The van der Waals surface area contributed by atoms with Gasteiger partial charge in [-0.05, 0) is 34.8 Å². The highest BCUT2D eigenvalue weighted by Gasteiger charge is 2.24. The van der Waals surface area contributed by atoms with Crippen LogP contribution in [0.4, 0.5) is 0 Å². The van der Waals surface area contributed by atoms with Crippen LogP contribution in [0.3, 0.4) is 0 Å². The van der Waals surface area contributed by atoms with Crippen molar-refractivity contribution in [3.63, 3.8) is 0 Å². The Bertz CT molecular complexity index is 545. The molecule has 0 atom stereocenters. The fourth-order valence-corrected chi connectivity index (χ4v) is 3.70. The summed E-state index contributed by atoms with van der Waals surface area (Å²) in [6.07, 6.45) is 4.05. The van der Waals surface area contributed by atoms with Gasteiger partial charge in [0.05, 0.1) is 17.1 Å². The van der Waals surface area contributed by atoms with Crippen LogP contribution in [0, 0.1) is 0 Å². The van der Waals surface area contributed by atoms with Gasteiger partial charge >= 0.3 is 0 Å². The first-order valence-electron chi connectivity index (χ1n) is 5.58. The Hall–Kier alpha value is -0.950. The number of rotatable bonds is 2. The summed E-state index contributed by atoms with van der Waals surface area (Å²) in [6, 6.07) is 1.61. The molecule has 1 aromatic heterocycles. The molecule has 1 aliphatic heterocycles. The Morgan fingerprint density at radius 3 is 2.61 bits per heavy atom. The molecular weight excluding hydrogens is 320 g/mol. The van der Waals surface area contributed by atoms with E-state index in [4.69, 9.17) is 0 Å². The third-order valence-corrected chi connectivity index (χ3v) is 5.01. The van der Waals surface area contributed by atoms with Crippen LogP contribution >= 0.6 is 15.9 Å². The Labute approximate surface area is 114 Å². The van der Waals surface area contributed by atoms with Crippen molar-refractivity contribution in [1.29, 1.82) is 0 Å². The summed E-state index contributed by atoms with van der Waals surface area (Å²) in [5, 5.41) is 2.84. The van der Waals surface area contributed by atoms with E-state index in [-0.39, 0.29) is 23.5 Å². The zero-order valence-corrected chi connectivity index (χ0v) is 12.0. The zero-order valence-electron chi connectivity index (χ0n) is 9.60. The molecule has 7 heteroatoms. The van der Waals surface area contributed by atoms with Gasteiger partial charge in [-0.3, -0.25) is 9.78 Å². The lowest BCUT2D eigenvalue weighted by Crippen LogP contribution is -2.40. The lowest BCUT2D eigenvalue weighted by molar-refractivity contribution is 0.0934. The molecule has 0 spiro atoms. The Kier molecular flexibility index (Phi) is 4.01. The second kappa shape index (κ2) is 5.36. The average molecular weight is 333 g/mol. The fourth-order valence-electron chi connectivity index (χ4n) is 1.84. The smallest absolute Gasteiger partial charge is 0.253 e. The van der Waals surface area contributed by atoms with E-state index in [2.05, 4.69) is 26.2 Å². The van der Waals surface area contributed by atoms with Crippen molar-refractivity contribution in [2.24, 2.45) is 0 Å². The highest BCUT2D eigenvalue weighted by Crippen LogP contribution is 2.14. The highest BCUT2D eigenvalue weighted by molar-refractivity contribution is 9.10. The molecule has 0 aliphatic carbocycles. The molecular formula is C11H13BrN2O3S. The normalized spacial score (nSPS) is 19.4. The van der Waals surface area contributed by atoms with E-state index >= 15 is 0 Å². The molecule has 1 amide bonds. The molecule has 0 unspecified atom stereocenters. The van der Waals surface area contributed by atoms with Crippen LogP contribution in [0.15, 0.2) is 22.9 Å². The van der Waals surface area contributed by atoms with E-state index in [1.807, 2.05) is 0 Å². The van der Waals surface area contributed by atoms with Crippen molar-refractivity contribution in [2.75, 3.05) is 11.5 Å². The minimum absolute atomic E-state index is 0.0694. The molecule has 1 N–H and O–H groups in total. The van der Waals surface area contributed by atoms with Crippen molar-refractivity contribution in [3.05, 3.63) is 28.5 Å². The maximum absolute atomic E-state index is 11.9. The largest absolute Gasteiger partial charge is 0.349 e. The van der Waals surface area contributed by atoms with E-state index in [0.717, 1.165) is 4.47 Å². The highest BCUT2D eigenvalue weighted by atomic mass is 79.9. The van der Waals surface area contributed by atoms with Gasteiger partial charge in [-0.1, -0.05) is 0 Å². The van der Waals surface area contributed by atoms with Gasteiger partial charge < -0.3 is 5.32 Å². The second-order valence-corrected chi connectivity index (χ2v) is 7.51.